The maximum atomic E-state index is 6.45. The van der Waals surface area contributed by atoms with Gasteiger partial charge in [-0.25, -0.2) is 0 Å². The summed E-state index contributed by atoms with van der Waals surface area (Å²) in [6, 6.07) is 44.6. The molecule has 0 amide bonds. The van der Waals surface area contributed by atoms with E-state index < -0.39 is 0 Å². The maximum absolute atomic E-state index is 6.45. The van der Waals surface area contributed by atoms with Gasteiger partial charge >= 0.3 is 0 Å². The standard InChI is InChI=1S/C41H41O5S/c1-3-42-25-27-44-33-13-19-36(20-14-33)47(37-21-15-34(16-22-37)45-28-26-43-4-2)38-23-17-35(18-24-38)46-30-41-39-11-7-5-9-31(39)29-32-10-6-8-12-40(32)41/h5-24,29H,3-4,25-28,30H2,1-2H3/q+1. The normalized spacial score (nSPS) is 11.3. The summed E-state index contributed by atoms with van der Waals surface area (Å²) < 4.78 is 29.1. The van der Waals surface area contributed by atoms with Gasteiger partial charge < -0.3 is 23.7 Å². The fraction of sp³-hybridized carbons (Fsp3) is 0.220. The molecule has 0 radical (unpaired) electrons. The molecule has 0 aliphatic heterocycles. The Morgan fingerprint density at radius 3 is 1.28 bits per heavy atom. The van der Waals surface area contributed by atoms with Crippen molar-refractivity contribution in [3.63, 3.8) is 0 Å². The Labute approximate surface area is 280 Å². The zero-order valence-electron chi connectivity index (χ0n) is 27.0. The van der Waals surface area contributed by atoms with E-state index in [1.54, 1.807) is 0 Å². The van der Waals surface area contributed by atoms with Gasteiger partial charge in [-0.1, -0.05) is 48.5 Å². The summed E-state index contributed by atoms with van der Waals surface area (Å²) in [5, 5.41) is 4.89. The van der Waals surface area contributed by atoms with E-state index in [9.17, 15) is 0 Å². The second kappa shape index (κ2) is 16.4. The van der Waals surface area contributed by atoms with Crippen LogP contribution in [0.3, 0.4) is 0 Å². The van der Waals surface area contributed by atoms with Gasteiger partial charge in [0.2, 0.25) is 0 Å². The predicted octanol–water partition coefficient (Wildman–Crippen LogP) is 9.50. The number of hydrogen-bond acceptors (Lipinski definition) is 5. The van der Waals surface area contributed by atoms with E-state index in [-0.39, 0.29) is 10.9 Å². The molecule has 0 atom stereocenters. The molecule has 0 unspecified atom stereocenters. The minimum absolute atomic E-state index is 0.350. The van der Waals surface area contributed by atoms with Crippen LogP contribution < -0.4 is 14.2 Å². The fourth-order valence-electron chi connectivity index (χ4n) is 5.57. The topological polar surface area (TPSA) is 46.2 Å². The van der Waals surface area contributed by atoms with Crippen LogP contribution in [-0.2, 0) is 27.0 Å². The third-order valence-corrected chi connectivity index (χ3v) is 10.1. The van der Waals surface area contributed by atoms with Crippen molar-refractivity contribution in [1.29, 1.82) is 0 Å². The number of fused-ring (bicyclic) bond motifs is 2. The Balaban J connectivity index is 1.23. The molecule has 0 aliphatic carbocycles. The molecular formula is C41H41O5S+. The van der Waals surface area contributed by atoms with Gasteiger partial charge in [-0.3, -0.25) is 0 Å². The lowest BCUT2D eigenvalue weighted by molar-refractivity contribution is 0.110. The highest BCUT2D eigenvalue weighted by Gasteiger charge is 2.29. The van der Waals surface area contributed by atoms with E-state index in [1.165, 1.54) is 41.8 Å². The van der Waals surface area contributed by atoms with Crippen LogP contribution in [0.15, 0.2) is 142 Å². The molecule has 47 heavy (non-hydrogen) atoms. The number of ether oxygens (including phenoxy) is 5. The van der Waals surface area contributed by atoms with Gasteiger partial charge in [0.25, 0.3) is 0 Å². The first kappa shape index (κ1) is 32.5. The molecule has 0 bridgehead atoms. The Morgan fingerprint density at radius 2 is 0.851 bits per heavy atom. The van der Waals surface area contributed by atoms with Gasteiger partial charge in [0.15, 0.2) is 14.7 Å². The van der Waals surface area contributed by atoms with Crippen LogP contribution in [0.1, 0.15) is 19.4 Å². The molecule has 0 spiro atoms. The van der Waals surface area contributed by atoms with Crippen LogP contribution in [0, 0.1) is 0 Å². The van der Waals surface area contributed by atoms with Gasteiger partial charge in [0, 0.05) is 18.8 Å². The highest BCUT2D eigenvalue weighted by atomic mass is 32.2. The van der Waals surface area contributed by atoms with E-state index in [4.69, 9.17) is 23.7 Å². The van der Waals surface area contributed by atoms with Crippen molar-refractivity contribution in [1.82, 2.24) is 0 Å². The van der Waals surface area contributed by atoms with Crippen molar-refractivity contribution in [3.8, 4) is 17.2 Å². The molecule has 5 nitrogen and oxygen atoms in total. The van der Waals surface area contributed by atoms with Crippen LogP contribution in [0.4, 0.5) is 0 Å². The van der Waals surface area contributed by atoms with Gasteiger partial charge in [-0.15, -0.1) is 0 Å². The van der Waals surface area contributed by atoms with Crippen molar-refractivity contribution >= 4 is 32.4 Å². The number of benzene rings is 6. The van der Waals surface area contributed by atoms with E-state index in [0.29, 0.717) is 46.2 Å². The molecular weight excluding hydrogens is 605 g/mol. The lowest BCUT2D eigenvalue weighted by Crippen LogP contribution is -2.08. The molecule has 0 saturated heterocycles. The smallest absolute Gasteiger partial charge is 0.166 e. The molecule has 240 valence electrons. The molecule has 0 N–H and O–H groups in total. The van der Waals surface area contributed by atoms with Gasteiger partial charge in [-0.05, 0) is 114 Å². The quantitative estimate of drug-likeness (QED) is 0.0596. The highest BCUT2D eigenvalue weighted by molar-refractivity contribution is 7.97. The summed E-state index contributed by atoms with van der Waals surface area (Å²) in [5.74, 6) is 2.50. The number of rotatable bonds is 16. The average Bonchev–Trinajstić information content (AvgIpc) is 3.12. The van der Waals surface area contributed by atoms with Crippen molar-refractivity contribution in [3.05, 3.63) is 133 Å². The summed E-state index contributed by atoms with van der Waals surface area (Å²) in [5.41, 5.74) is 1.20. The van der Waals surface area contributed by atoms with Crippen LogP contribution >= 0.6 is 0 Å². The average molecular weight is 646 g/mol. The molecule has 0 aromatic heterocycles. The third-order valence-electron chi connectivity index (χ3n) is 7.85. The monoisotopic (exact) mass is 645 g/mol. The van der Waals surface area contributed by atoms with Gasteiger partial charge in [0.05, 0.1) is 24.1 Å². The zero-order valence-corrected chi connectivity index (χ0v) is 27.8. The first-order valence-electron chi connectivity index (χ1n) is 16.2. The lowest BCUT2D eigenvalue weighted by atomic mass is 9.97. The van der Waals surface area contributed by atoms with Crippen LogP contribution in [-0.4, -0.2) is 39.6 Å². The third kappa shape index (κ3) is 8.27. The van der Waals surface area contributed by atoms with E-state index in [1.807, 2.05) is 38.1 Å². The Kier molecular flexibility index (Phi) is 11.3. The van der Waals surface area contributed by atoms with Crippen molar-refractivity contribution in [2.75, 3.05) is 39.6 Å². The van der Waals surface area contributed by atoms with E-state index in [0.717, 1.165) is 17.2 Å². The van der Waals surface area contributed by atoms with Gasteiger partial charge in [0.1, 0.15) is 37.1 Å². The van der Waals surface area contributed by atoms with E-state index in [2.05, 4.69) is 103 Å². The Hall–Kier alpha value is -4.49. The lowest BCUT2D eigenvalue weighted by Gasteiger charge is -2.14. The predicted molar refractivity (Wildman–Crippen MR) is 191 cm³/mol. The van der Waals surface area contributed by atoms with E-state index >= 15 is 0 Å². The first-order chi connectivity index (χ1) is 23.2. The molecule has 6 aromatic carbocycles. The second-order valence-corrected chi connectivity index (χ2v) is 12.9. The molecule has 0 fully saturated rings. The Bertz CT molecular complexity index is 1740. The summed E-state index contributed by atoms with van der Waals surface area (Å²) in [6.07, 6.45) is 0. The molecule has 0 saturated carbocycles. The van der Waals surface area contributed by atoms with Crippen LogP contribution in [0.2, 0.25) is 0 Å². The fourth-order valence-corrected chi connectivity index (χ4v) is 7.61. The summed E-state index contributed by atoms with van der Waals surface area (Å²) in [4.78, 5) is 3.59. The molecule has 6 rings (SSSR count). The first-order valence-corrected chi connectivity index (χ1v) is 17.4. The summed E-state index contributed by atoms with van der Waals surface area (Å²) in [6.45, 7) is 8.04. The SMILES string of the molecule is CCOCCOc1ccc([S+](c2ccc(OCCOCC)cc2)c2ccc(OCc3c4ccccc4cc4ccccc34)cc2)cc1. The second-order valence-electron chi connectivity index (χ2n) is 10.9. The maximum Gasteiger partial charge on any atom is 0.166 e. The highest BCUT2D eigenvalue weighted by Crippen LogP contribution is 2.35. The van der Waals surface area contributed by atoms with Crippen molar-refractivity contribution in [2.45, 2.75) is 35.1 Å². The zero-order chi connectivity index (χ0) is 32.3. The molecule has 0 heterocycles. The van der Waals surface area contributed by atoms with Crippen molar-refractivity contribution in [2.24, 2.45) is 0 Å². The number of hydrogen-bond donors (Lipinski definition) is 0. The minimum atomic E-state index is -0.350. The van der Waals surface area contributed by atoms with Crippen LogP contribution in [0.25, 0.3) is 21.5 Å². The minimum Gasteiger partial charge on any atom is -0.491 e. The molecule has 6 aromatic rings. The van der Waals surface area contributed by atoms with Crippen molar-refractivity contribution < 1.29 is 23.7 Å². The Morgan fingerprint density at radius 1 is 0.447 bits per heavy atom. The summed E-state index contributed by atoms with van der Waals surface area (Å²) in [7, 11) is -0.350. The van der Waals surface area contributed by atoms with Gasteiger partial charge in [-0.2, -0.15) is 0 Å². The molecule has 0 aliphatic rings. The largest absolute Gasteiger partial charge is 0.491 e. The van der Waals surface area contributed by atoms with Crippen LogP contribution in [0.5, 0.6) is 17.2 Å². The molecule has 6 heteroatoms. The summed E-state index contributed by atoms with van der Waals surface area (Å²) >= 11 is 0.